The van der Waals surface area contributed by atoms with Crippen molar-refractivity contribution in [2.24, 2.45) is 5.73 Å². The van der Waals surface area contributed by atoms with Gasteiger partial charge in [0.25, 0.3) is 5.91 Å². The van der Waals surface area contributed by atoms with Crippen LogP contribution in [0.15, 0.2) is 18.2 Å². The van der Waals surface area contributed by atoms with Gasteiger partial charge in [-0.3, -0.25) is 4.79 Å². The molecule has 1 amide bonds. The first kappa shape index (κ1) is 12.7. The summed E-state index contributed by atoms with van der Waals surface area (Å²) >= 11 is 0. The number of carbonyl (C=O) groups is 1. The fourth-order valence-electron chi connectivity index (χ4n) is 2.32. The molecule has 0 saturated carbocycles. The highest BCUT2D eigenvalue weighted by Gasteiger charge is 2.22. The Bertz CT molecular complexity index is 442. The van der Waals surface area contributed by atoms with Gasteiger partial charge in [-0.1, -0.05) is 0 Å². The van der Waals surface area contributed by atoms with Gasteiger partial charge in [-0.25, -0.2) is 0 Å². The molecule has 1 aromatic rings. The van der Waals surface area contributed by atoms with Crippen LogP contribution in [0.3, 0.4) is 0 Å². The number of hydrogen-bond donors (Lipinski definition) is 2. The normalized spacial score (nSPS) is 16.5. The molecule has 1 aliphatic heterocycles. The average Bonchev–Trinajstić information content (AvgIpc) is 2.38. The van der Waals surface area contributed by atoms with Crippen molar-refractivity contribution in [1.29, 1.82) is 0 Å². The minimum atomic E-state index is -0.427. The predicted octanol–water partition coefficient (Wildman–Crippen LogP) is 0.983. The Hall–Kier alpha value is -1.75. The molecule has 1 aromatic carbocycles. The van der Waals surface area contributed by atoms with Crippen LogP contribution >= 0.6 is 0 Å². The van der Waals surface area contributed by atoms with Gasteiger partial charge in [0.1, 0.15) is 0 Å². The van der Waals surface area contributed by atoms with E-state index in [1.54, 1.807) is 18.2 Å². The maximum atomic E-state index is 11.5. The molecule has 1 fully saturated rings. The molecule has 5 nitrogen and oxygen atoms in total. The highest BCUT2D eigenvalue weighted by molar-refractivity contribution is 5.99. The van der Waals surface area contributed by atoms with Crippen molar-refractivity contribution in [2.75, 3.05) is 30.9 Å². The number of ether oxygens (including phenoxy) is 1. The second kappa shape index (κ2) is 5.27. The van der Waals surface area contributed by atoms with Gasteiger partial charge in [0.15, 0.2) is 0 Å². The quantitative estimate of drug-likeness (QED) is 0.782. The molecular weight excluding hydrogens is 230 g/mol. The van der Waals surface area contributed by atoms with Crippen molar-refractivity contribution in [1.82, 2.24) is 0 Å². The topological polar surface area (TPSA) is 81.6 Å². The van der Waals surface area contributed by atoms with E-state index in [2.05, 4.69) is 4.90 Å². The Balaban J connectivity index is 2.30. The average molecular weight is 249 g/mol. The van der Waals surface area contributed by atoms with Crippen LogP contribution in [-0.2, 0) is 4.74 Å². The Morgan fingerprint density at radius 1 is 1.39 bits per heavy atom. The zero-order valence-electron chi connectivity index (χ0n) is 10.6. The summed E-state index contributed by atoms with van der Waals surface area (Å²) in [4.78, 5) is 13.5. The van der Waals surface area contributed by atoms with Gasteiger partial charge >= 0.3 is 0 Å². The standard InChI is InChI=1S/C13H19N3O2/c1-16(10-4-6-18-7-5-10)12-8-9(14)2-3-11(12)13(15)17/h2-3,8,10H,4-7,14H2,1H3,(H2,15,17). The molecular formula is C13H19N3O2. The molecule has 0 radical (unpaired) electrons. The number of nitrogens with zero attached hydrogens (tertiary/aromatic N) is 1. The van der Waals surface area contributed by atoms with Crippen molar-refractivity contribution in [3.05, 3.63) is 23.8 Å². The number of hydrogen-bond acceptors (Lipinski definition) is 4. The molecule has 0 aromatic heterocycles. The molecule has 1 aliphatic rings. The summed E-state index contributed by atoms with van der Waals surface area (Å²) < 4.78 is 5.34. The molecule has 1 saturated heterocycles. The summed E-state index contributed by atoms with van der Waals surface area (Å²) in [5, 5.41) is 0. The van der Waals surface area contributed by atoms with Crippen LogP contribution in [0, 0.1) is 0 Å². The van der Waals surface area contributed by atoms with Gasteiger partial charge in [-0.2, -0.15) is 0 Å². The van der Waals surface area contributed by atoms with E-state index in [4.69, 9.17) is 16.2 Å². The summed E-state index contributed by atoms with van der Waals surface area (Å²) in [6.07, 6.45) is 1.90. The number of nitrogen functional groups attached to an aromatic ring is 1. The first-order valence-electron chi connectivity index (χ1n) is 6.09. The van der Waals surface area contributed by atoms with E-state index in [-0.39, 0.29) is 0 Å². The molecule has 0 aliphatic carbocycles. The fourth-order valence-corrected chi connectivity index (χ4v) is 2.32. The van der Waals surface area contributed by atoms with Crippen molar-refractivity contribution in [3.63, 3.8) is 0 Å². The Morgan fingerprint density at radius 2 is 2.06 bits per heavy atom. The van der Waals surface area contributed by atoms with Gasteiger partial charge in [-0.05, 0) is 31.0 Å². The smallest absolute Gasteiger partial charge is 0.250 e. The van der Waals surface area contributed by atoms with Crippen LogP contribution in [0.5, 0.6) is 0 Å². The van der Waals surface area contributed by atoms with Gasteiger partial charge in [0.2, 0.25) is 0 Å². The molecule has 0 bridgehead atoms. The first-order chi connectivity index (χ1) is 8.59. The number of nitrogens with two attached hydrogens (primary N) is 2. The molecule has 2 rings (SSSR count). The largest absolute Gasteiger partial charge is 0.399 e. The van der Waals surface area contributed by atoms with Crippen molar-refractivity contribution in [3.8, 4) is 0 Å². The summed E-state index contributed by atoms with van der Waals surface area (Å²) in [6, 6.07) is 5.54. The predicted molar refractivity (Wildman–Crippen MR) is 71.6 cm³/mol. The zero-order chi connectivity index (χ0) is 13.1. The van der Waals surface area contributed by atoms with E-state index in [1.165, 1.54) is 0 Å². The number of rotatable bonds is 3. The SMILES string of the molecule is CN(c1cc(N)ccc1C(N)=O)C1CCOCC1. The van der Waals surface area contributed by atoms with E-state index in [0.29, 0.717) is 17.3 Å². The van der Waals surface area contributed by atoms with E-state index in [1.807, 2.05) is 7.05 Å². The number of carbonyl (C=O) groups excluding carboxylic acids is 1. The van der Waals surface area contributed by atoms with E-state index in [9.17, 15) is 4.79 Å². The van der Waals surface area contributed by atoms with Gasteiger partial charge in [0.05, 0.1) is 11.3 Å². The third kappa shape index (κ3) is 2.56. The Kier molecular flexibility index (Phi) is 3.72. The van der Waals surface area contributed by atoms with Crippen molar-refractivity contribution >= 4 is 17.3 Å². The molecule has 98 valence electrons. The summed E-state index contributed by atoms with van der Waals surface area (Å²) in [5.74, 6) is -0.427. The Morgan fingerprint density at radius 3 is 2.67 bits per heavy atom. The number of amides is 1. The van der Waals surface area contributed by atoms with Crippen LogP contribution in [0.4, 0.5) is 11.4 Å². The first-order valence-corrected chi connectivity index (χ1v) is 6.09. The number of benzene rings is 1. The van der Waals surface area contributed by atoms with Crippen molar-refractivity contribution < 1.29 is 9.53 Å². The third-order valence-corrected chi connectivity index (χ3v) is 3.41. The van der Waals surface area contributed by atoms with Crippen LogP contribution in [0.2, 0.25) is 0 Å². The minimum Gasteiger partial charge on any atom is -0.399 e. The number of anilines is 2. The van der Waals surface area contributed by atoms with Gasteiger partial charge < -0.3 is 21.1 Å². The van der Waals surface area contributed by atoms with Crippen LogP contribution < -0.4 is 16.4 Å². The maximum Gasteiger partial charge on any atom is 0.250 e. The fraction of sp³-hybridized carbons (Fsp3) is 0.462. The highest BCUT2D eigenvalue weighted by atomic mass is 16.5. The van der Waals surface area contributed by atoms with E-state index >= 15 is 0 Å². The van der Waals surface area contributed by atoms with E-state index < -0.39 is 5.91 Å². The van der Waals surface area contributed by atoms with E-state index in [0.717, 1.165) is 31.7 Å². The molecule has 0 atom stereocenters. The van der Waals surface area contributed by atoms with Crippen LogP contribution in [0.1, 0.15) is 23.2 Å². The second-order valence-corrected chi connectivity index (χ2v) is 4.60. The molecule has 0 spiro atoms. The zero-order valence-corrected chi connectivity index (χ0v) is 10.6. The van der Waals surface area contributed by atoms with Gasteiger partial charge in [0, 0.05) is 32.0 Å². The summed E-state index contributed by atoms with van der Waals surface area (Å²) in [5.41, 5.74) is 13.1. The molecule has 1 heterocycles. The second-order valence-electron chi connectivity index (χ2n) is 4.60. The summed E-state index contributed by atoms with van der Waals surface area (Å²) in [7, 11) is 1.97. The lowest BCUT2D eigenvalue weighted by Gasteiger charge is -2.33. The monoisotopic (exact) mass is 249 g/mol. The lowest BCUT2D eigenvalue weighted by molar-refractivity contribution is 0.0854. The Labute approximate surface area is 107 Å². The molecule has 5 heteroatoms. The minimum absolute atomic E-state index is 0.360. The molecule has 4 N–H and O–H groups in total. The van der Waals surface area contributed by atoms with Crippen LogP contribution in [-0.4, -0.2) is 32.2 Å². The highest BCUT2D eigenvalue weighted by Crippen LogP contribution is 2.27. The maximum absolute atomic E-state index is 11.5. The molecule has 0 unspecified atom stereocenters. The molecule has 18 heavy (non-hydrogen) atoms. The number of primary amides is 1. The lowest BCUT2D eigenvalue weighted by atomic mass is 10.0. The van der Waals surface area contributed by atoms with Crippen LogP contribution in [0.25, 0.3) is 0 Å². The third-order valence-electron chi connectivity index (χ3n) is 3.41. The van der Waals surface area contributed by atoms with Gasteiger partial charge in [-0.15, -0.1) is 0 Å². The van der Waals surface area contributed by atoms with Crippen molar-refractivity contribution in [2.45, 2.75) is 18.9 Å². The lowest BCUT2D eigenvalue weighted by Crippen LogP contribution is -2.37. The summed E-state index contributed by atoms with van der Waals surface area (Å²) in [6.45, 7) is 1.51.